The van der Waals surface area contributed by atoms with Gasteiger partial charge in [0.15, 0.2) is 0 Å². The van der Waals surface area contributed by atoms with Crippen LogP contribution >= 0.6 is 12.4 Å². The number of nitrogens with zero attached hydrogens (tertiary/aromatic N) is 1. The number of rotatable bonds is 10. The number of carbonyl (C=O) groups excluding carboxylic acids is 3. The fourth-order valence-electron chi connectivity index (χ4n) is 4.55. The van der Waals surface area contributed by atoms with Gasteiger partial charge in [-0.15, -0.1) is 12.4 Å². The van der Waals surface area contributed by atoms with Gasteiger partial charge in [-0.2, -0.15) is 0 Å². The number of esters is 2. The summed E-state index contributed by atoms with van der Waals surface area (Å²) in [6.45, 7) is 4.87. The zero-order valence-corrected chi connectivity index (χ0v) is 24.7. The molecule has 1 saturated heterocycles. The minimum absolute atomic E-state index is 0. The third-order valence-electron chi connectivity index (χ3n) is 6.80. The molecule has 0 spiro atoms. The molecule has 0 unspecified atom stereocenters. The smallest absolute Gasteiger partial charge is 0.314 e. The fraction of sp³-hybridized carbons (Fsp3) is 0.312. The van der Waals surface area contributed by atoms with Crippen LogP contribution in [0.1, 0.15) is 39.2 Å². The van der Waals surface area contributed by atoms with Crippen molar-refractivity contribution in [2.24, 2.45) is 17.1 Å². The summed E-state index contributed by atoms with van der Waals surface area (Å²) in [6.07, 6.45) is 0.286. The van der Waals surface area contributed by atoms with E-state index in [4.69, 9.17) is 25.4 Å². The van der Waals surface area contributed by atoms with Crippen molar-refractivity contribution >= 4 is 41.8 Å². The summed E-state index contributed by atoms with van der Waals surface area (Å²) < 4.78 is 16.2. The first-order chi connectivity index (χ1) is 19.5. The Labute approximate surface area is 251 Å². The van der Waals surface area contributed by atoms with Crippen LogP contribution in [0.3, 0.4) is 0 Å². The number of hydrogen-bond donors (Lipinski definition) is 2. The van der Waals surface area contributed by atoms with Crippen molar-refractivity contribution in [2.45, 2.75) is 39.7 Å². The number of amides is 1. The van der Waals surface area contributed by atoms with E-state index in [-0.39, 0.29) is 43.2 Å². The maximum Gasteiger partial charge on any atom is 0.314 e. The van der Waals surface area contributed by atoms with Gasteiger partial charge >= 0.3 is 11.9 Å². The molecule has 0 aromatic heterocycles. The third-order valence-corrected chi connectivity index (χ3v) is 6.80. The van der Waals surface area contributed by atoms with E-state index in [1.165, 1.54) is 0 Å². The molecule has 1 aliphatic heterocycles. The molecule has 0 aliphatic carbocycles. The molecule has 10 heteroatoms. The topological polar surface area (TPSA) is 132 Å². The van der Waals surface area contributed by atoms with Crippen molar-refractivity contribution in [1.82, 2.24) is 0 Å². The molecule has 3 N–H and O–H groups in total. The van der Waals surface area contributed by atoms with Crippen LogP contribution in [0, 0.1) is 16.7 Å². The van der Waals surface area contributed by atoms with Gasteiger partial charge < -0.3 is 24.8 Å². The fourth-order valence-corrected chi connectivity index (χ4v) is 4.55. The van der Waals surface area contributed by atoms with Crippen molar-refractivity contribution in [3.05, 3.63) is 84.4 Å². The summed E-state index contributed by atoms with van der Waals surface area (Å²) in [5, 5.41) is 7.54. The van der Waals surface area contributed by atoms with Crippen LogP contribution < -0.4 is 15.4 Å². The highest BCUT2D eigenvalue weighted by molar-refractivity contribution is 5.99. The molecular formula is C32H36ClN3O6. The van der Waals surface area contributed by atoms with Gasteiger partial charge in [0, 0.05) is 11.3 Å². The summed E-state index contributed by atoms with van der Waals surface area (Å²) in [6, 6.07) is 24.0. The number of ether oxygens (including phenoxy) is 3. The normalized spacial score (nSPS) is 16.4. The van der Waals surface area contributed by atoms with Crippen LogP contribution in [0.4, 0.5) is 5.69 Å². The van der Waals surface area contributed by atoms with Gasteiger partial charge in [0.1, 0.15) is 18.2 Å². The van der Waals surface area contributed by atoms with Crippen molar-refractivity contribution < 1.29 is 28.6 Å². The van der Waals surface area contributed by atoms with Gasteiger partial charge in [0.05, 0.1) is 23.8 Å². The van der Waals surface area contributed by atoms with Crippen molar-refractivity contribution in [1.29, 1.82) is 5.41 Å². The second kappa shape index (κ2) is 14.0. The van der Waals surface area contributed by atoms with Crippen LogP contribution in [0.25, 0.3) is 11.1 Å². The van der Waals surface area contributed by atoms with Crippen molar-refractivity contribution in [3.63, 3.8) is 0 Å². The van der Waals surface area contributed by atoms with E-state index in [9.17, 15) is 14.4 Å². The van der Waals surface area contributed by atoms with Gasteiger partial charge in [-0.3, -0.25) is 19.8 Å². The lowest BCUT2D eigenvalue weighted by molar-refractivity contribution is -0.173. The van der Waals surface area contributed by atoms with E-state index >= 15 is 0 Å². The van der Waals surface area contributed by atoms with Gasteiger partial charge in [0.2, 0.25) is 12.7 Å². The van der Waals surface area contributed by atoms with E-state index < -0.39 is 30.1 Å². The number of anilines is 1. The second-order valence-corrected chi connectivity index (χ2v) is 11.0. The van der Waals surface area contributed by atoms with Gasteiger partial charge in [-0.1, -0.05) is 54.6 Å². The van der Waals surface area contributed by atoms with Crippen LogP contribution in [0.2, 0.25) is 0 Å². The van der Waals surface area contributed by atoms with Crippen molar-refractivity contribution in [3.8, 4) is 16.9 Å². The van der Waals surface area contributed by atoms with Gasteiger partial charge in [-0.25, -0.2) is 0 Å². The Balaban J connectivity index is 0.00000484. The first kappa shape index (κ1) is 32.1. The highest BCUT2D eigenvalue weighted by Gasteiger charge is 2.42. The predicted molar refractivity (Wildman–Crippen MR) is 163 cm³/mol. The molecule has 4 rings (SSSR count). The van der Waals surface area contributed by atoms with E-state index in [0.29, 0.717) is 17.7 Å². The summed E-state index contributed by atoms with van der Waals surface area (Å²) in [4.78, 5) is 39.5. The molecule has 1 fully saturated rings. The van der Waals surface area contributed by atoms with Crippen LogP contribution in [-0.2, 0) is 23.9 Å². The minimum atomic E-state index is -0.709. The molecule has 42 heavy (non-hydrogen) atoms. The Morgan fingerprint density at radius 1 is 0.929 bits per heavy atom. The zero-order chi connectivity index (χ0) is 29.6. The number of amidine groups is 1. The predicted octanol–water partition coefficient (Wildman–Crippen LogP) is 5.34. The number of nitrogens with one attached hydrogen (secondary N) is 1. The van der Waals surface area contributed by atoms with Crippen LogP contribution in [-0.4, -0.2) is 43.1 Å². The molecule has 1 amide bonds. The standard InChI is InChI=1S/C32H35N3O6.ClH/c1-32(2,3)31(38)41-20-40-28(36)18-24-17-26(35(30(24)37)25-7-5-4-6-8-25)19-39-27-15-13-22(14-16-27)21-9-11-23(12-10-21)29(33)34;/h4-16,24,26H,17-20H2,1-3H3,(H3,33,34);1H/t24-,26-;/m0./s1. The second-order valence-electron chi connectivity index (χ2n) is 11.0. The molecule has 3 aromatic rings. The Hall–Kier alpha value is -4.37. The Morgan fingerprint density at radius 2 is 1.52 bits per heavy atom. The maximum atomic E-state index is 13.4. The van der Waals surface area contributed by atoms with Gasteiger partial charge in [0.25, 0.3) is 0 Å². The Bertz CT molecular complexity index is 1390. The molecule has 9 nitrogen and oxygen atoms in total. The number of nitrogens with two attached hydrogens (primary N) is 1. The molecular weight excluding hydrogens is 558 g/mol. The van der Waals surface area contributed by atoms with Crippen LogP contribution in [0.5, 0.6) is 5.75 Å². The zero-order valence-electron chi connectivity index (χ0n) is 23.9. The van der Waals surface area contributed by atoms with E-state index in [1.54, 1.807) is 25.7 Å². The van der Waals surface area contributed by atoms with Crippen LogP contribution in [0.15, 0.2) is 78.9 Å². The molecule has 0 radical (unpaired) electrons. The molecule has 1 aliphatic rings. The largest absolute Gasteiger partial charge is 0.491 e. The number of nitrogen functional groups attached to an aromatic ring is 1. The minimum Gasteiger partial charge on any atom is -0.491 e. The van der Waals surface area contributed by atoms with E-state index in [1.807, 2.05) is 78.9 Å². The summed E-state index contributed by atoms with van der Waals surface area (Å²) in [7, 11) is 0. The number of hydrogen-bond acceptors (Lipinski definition) is 7. The SMILES string of the molecule is CC(C)(C)C(=O)OCOC(=O)C[C@@H]1C[C@@H](COc2ccc(-c3ccc(C(=N)N)cc3)cc2)N(c2ccccc2)C1=O.Cl. The first-order valence-electron chi connectivity index (χ1n) is 13.4. The average molecular weight is 594 g/mol. The lowest BCUT2D eigenvalue weighted by Gasteiger charge is -2.25. The molecule has 0 saturated carbocycles. The quantitative estimate of drug-likeness (QED) is 0.140. The lowest BCUT2D eigenvalue weighted by atomic mass is 9.98. The van der Waals surface area contributed by atoms with Crippen molar-refractivity contribution in [2.75, 3.05) is 18.3 Å². The number of halogens is 1. The lowest BCUT2D eigenvalue weighted by Crippen LogP contribution is -2.37. The monoisotopic (exact) mass is 593 g/mol. The third kappa shape index (κ3) is 8.10. The van der Waals surface area contributed by atoms with E-state index in [0.717, 1.165) is 16.8 Å². The Morgan fingerprint density at radius 3 is 2.10 bits per heavy atom. The molecule has 0 bridgehead atoms. The van der Waals surface area contributed by atoms with Gasteiger partial charge in [-0.05, 0) is 62.6 Å². The summed E-state index contributed by atoms with van der Waals surface area (Å²) in [5.41, 5.74) is 8.20. The molecule has 2 atom stereocenters. The number of carbonyl (C=O) groups is 3. The first-order valence-corrected chi connectivity index (χ1v) is 13.4. The average Bonchev–Trinajstić information content (AvgIpc) is 3.26. The highest BCUT2D eigenvalue weighted by atomic mass is 35.5. The summed E-state index contributed by atoms with van der Waals surface area (Å²) in [5.74, 6) is -1.18. The number of benzene rings is 3. The van der Waals surface area contributed by atoms with E-state index in [2.05, 4.69) is 0 Å². The highest BCUT2D eigenvalue weighted by Crippen LogP contribution is 2.33. The molecule has 222 valence electrons. The molecule has 1 heterocycles. The Kier molecular flexibility index (Phi) is 10.7. The number of para-hydroxylation sites is 1. The maximum absolute atomic E-state index is 13.4. The summed E-state index contributed by atoms with van der Waals surface area (Å²) >= 11 is 0. The molecule has 3 aromatic carbocycles.